The number of hydrogen-bond donors (Lipinski definition) is 3. The summed E-state index contributed by atoms with van der Waals surface area (Å²) in [5.74, 6) is -0.186. The highest BCUT2D eigenvalue weighted by atomic mass is 32.2. The summed E-state index contributed by atoms with van der Waals surface area (Å²) in [6.45, 7) is 5.18. The fourth-order valence-electron chi connectivity index (χ4n) is 2.26. The molecule has 0 saturated heterocycles. The van der Waals surface area contributed by atoms with Crippen molar-refractivity contribution in [1.29, 1.82) is 0 Å². The van der Waals surface area contributed by atoms with Gasteiger partial charge in [0, 0.05) is 11.8 Å². The first kappa shape index (κ1) is 21.2. The molecule has 0 bridgehead atoms. The third-order valence-corrected chi connectivity index (χ3v) is 5.07. The highest BCUT2D eigenvalue weighted by Crippen LogP contribution is 2.18. The highest BCUT2D eigenvalue weighted by Gasteiger charge is 2.25. The van der Waals surface area contributed by atoms with Crippen LogP contribution in [0, 0.1) is 12.8 Å². The van der Waals surface area contributed by atoms with Gasteiger partial charge in [-0.05, 0) is 37.1 Å². The van der Waals surface area contributed by atoms with Gasteiger partial charge in [0.1, 0.15) is 11.8 Å². The molecule has 1 aromatic heterocycles. The second kappa shape index (κ2) is 8.74. The van der Waals surface area contributed by atoms with E-state index in [0.29, 0.717) is 11.4 Å². The van der Waals surface area contributed by atoms with E-state index < -0.39 is 28.1 Å². The van der Waals surface area contributed by atoms with Crippen LogP contribution in [0.5, 0.6) is 0 Å². The van der Waals surface area contributed by atoms with Crippen LogP contribution in [0.15, 0.2) is 39.8 Å². The van der Waals surface area contributed by atoms with Gasteiger partial charge in [0.2, 0.25) is 0 Å². The lowest BCUT2D eigenvalue weighted by molar-refractivity contribution is -0.143. The summed E-state index contributed by atoms with van der Waals surface area (Å²) in [4.78, 5) is 23.8. The van der Waals surface area contributed by atoms with Crippen molar-refractivity contribution in [1.82, 2.24) is 10.5 Å². The Morgan fingerprint density at radius 2 is 1.82 bits per heavy atom. The molecule has 1 atom stereocenters. The summed E-state index contributed by atoms with van der Waals surface area (Å²) in [6, 6.07) is 5.52. The summed E-state index contributed by atoms with van der Waals surface area (Å²) >= 11 is 0. The highest BCUT2D eigenvalue weighted by molar-refractivity contribution is 7.92. The number of nitrogens with one attached hydrogen (secondary N) is 3. The second-order valence-electron chi connectivity index (χ2n) is 6.30. The third-order valence-electron chi connectivity index (χ3n) is 3.70. The van der Waals surface area contributed by atoms with Crippen molar-refractivity contribution in [2.24, 2.45) is 5.92 Å². The first-order chi connectivity index (χ1) is 13.1. The number of hydrogen-bond acceptors (Lipinski definition) is 7. The van der Waals surface area contributed by atoms with E-state index in [2.05, 4.69) is 25.2 Å². The van der Waals surface area contributed by atoms with Crippen LogP contribution in [-0.2, 0) is 19.6 Å². The molecular weight excluding hydrogens is 388 g/mol. The Morgan fingerprint density at radius 1 is 1.18 bits per heavy atom. The summed E-state index contributed by atoms with van der Waals surface area (Å²) in [6.07, 6.45) is 0. The van der Waals surface area contributed by atoms with E-state index >= 15 is 0 Å². The van der Waals surface area contributed by atoms with Gasteiger partial charge in [0.15, 0.2) is 5.82 Å². The standard InChI is InChI=1S/C17H22N4O6S/c1-10(2)15(16(22)26-4)19-17(23)18-12-5-7-13(8-6-12)28(24,25)21-14-9-11(3)27-20-14/h5-10,15H,1-4H3,(H,20,21)(H2,18,19,23)/t15-/m0/s1. The lowest BCUT2D eigenvalue weighted by Gasteiger charge is -2.20. The van der Waals surface area contributed by atoms with Crippen LogP contribution in [0.1, 0.15) is 19.6 Å². The Kier molecular flexibility index (Phi) is 6.62. The molecule has 10 nitrogen and oxygen atoms in total. The molecule has 28 heavy (non-hydrogen) atoms. The van der Waals surface area contributed by atoms with Crippen LogP contribution < -0.4 is 15.4 Å². The van der Waals surface area contributed by atoms with E-state index in [1.165, 1.54) is 37.4 Å². The molecular formula is C17H22N4O6S. The van der Waals surface area contributed by atoms with Gasteiger partial charge in [-0.2, -0.15) is 0 Å². The van der Waals surface area contributed by atoms with Crippen LogP contribution in [-0.4, -0.2) is 38.7 Å². The Hall–Kier alpha value is -3.08. The molecule has 3 N–H and O–H groups in total. The SMILES string of the molecule is COC(=O)[C@@H](NC(=O)Nc1ccc(S(=O)(=O)Nc2cc(C)on2)cc1)C(C)C. The average molecular weight is 410 g/mol. The maximum Gasteiger partial charge on any atom is 0.328 e. The number of rotatable bonds is 7. The minimum absolute atomic E-state index is 0.0197. The van der Waals surface area contributed by atoms with Crippen LogP contribution >= 0.6 is 0 Å². The summed E-state index contributed by atoms with van der Waals surface area (Å²) in [7, 11) is -2.61. The molecule has 0 radical (unpaired) electrons. The van der Waals surface area contributed by atoms with Crippen LogP contribution in [0.2, 0.25) is 0 Å². The number of aromatic nitrogens is 1. The Labute approximate surface area is 162 Å². The Balaban J connectivity index is 2.03. The number of amides is 2. The fraction of sp³-hybridized carbons (Fsp3) is 0.353. The number of sulfonamides is 1. The van der Waals surface area contributed by atoms with Crippen molar-refractivity contribution in [3.8, 4) is 0 Å². The third kappa shape index (κ3) is 5.46. The van der Waals surface area contributed by atoms with Crippen molar-refractivity contribution < 1.29 is 27.3 Å². The molecule has 0 aliphatic carbocycles. The van der Waals surface area contributed by atoms with Gasteiger partial charge >= 0.3 is 12.0 Å². The molecule has 152 valence electrons. The van der Waals surface area contributed by atoms with Crippen molar-refractivity contribution in [3.63, 3.8) is 0 Å². The topological polar surface area (TPSA) is 140 Å². The zero-order valence-corrected chi connectivity index (χ0v) is 16.7. The number of nitrogens with zero attached hydrogens (tertiary/aromatic N) is 1. The van der Waals surface area contributed by atoms with Crippen molar-refractivity contribution in [2.45, 2.75) is 31.7 Å². The predicted octanol–water partition coefficient (Wildman–Crippen LogP) is 2.10. The predicted molar refractivity (Wildman–Crippen MR) is 101 cm³/mol. The van der Waals surface area contributed by atoms with Gasteiger partial charge in [-0.3, -0.25) is 4.72 Å². The molecule has 1 aromatic carbocycles. The van der Waals surface area contributed by atoms with E-state index in [-0.39, 0.29) is 16.6 Å². The minimum atomic E-state index is -3.85. The lowest BCUT2D eigenvalue weighted by atomic mass is 10.1. The minimum Gasteiger partial charge on any atom is -0.467 e. The quantitative estimate of drug-likeness (QED) is 0.594. The first-order valence-corrected chi connectivity index (χ1v) is 9.82. The summed E-state index contributed by atoms with van der Waals surface area (Å²) in [5, 5.41) is 8.64. The van der Waals surface area contributed by atoms with Gasteiger partial charge in [-0.25, -0.2) is 18.0 Å². The molecule has 0 spiro atoms. The van der Waals surface area contributed by atoms with Gasteiger partial charge in [-0.15, -0.1) is 0 Å². The number of anilines is 2. The number of carbonyl (C=O) groups excluding carboxylic acids is 2. The number of aryl methyl sites for hydroxylation is 1. The molecule has 0 aliphatic rings. The van der Waals surface area contributed by atoms with Gasteiger partial charge in [0.25, 0.3) is 10.0 Å². The monoisotopic (exact) mass is 410 g/mol. The van der Waals surface area contributed by atoms with Gasteiger partial charge in [0.05, 0.1) is 12.0 Å². The normalized spacial score (nSPS) is 12.3. The smallest absolute Gasteiger partial charge is 0.328 e. The zero-order chi connectivity index (χ0) is 20.9. The number of ether oxygens (including phenoxy) is 1. The number of urea groups is 1. The summed E-state index contributed by atoms with van der Waals surface area (Å²) < 4.78 is 36.4. The fourth-order valence-corrected chi connectivity index (χ4v) is 3.25. The van der Waals surface area contributed by atoms with E-state index in [4.69, 9.17) is 4.52 Å². The zero-order valence-electron chi connectivity index (χ0n) is 15.8. The van der Waals surface area contributed by atoms with E-state index in [0.717, 1.165) is 0 Å². The molecule has 0 fully saturated rings. The van der Waals surface area contributed by atoms with Gasteiger partial charge < -0.3 is 19.9 Å². The largest absolute Gasteiger partial charge is 0.467 e. The Bertz CT molecular complexity index is 937. The molecule has 2 rings (SSSR count). The molecule has 0 saturated carbocycles. The Morgan fingerprint density at radius 3 is 2.32 bits per heavy atom. The molecule has 11 heteroatoms. The van der Waals surface area contributed by atoms with Crippen LogP contribution in [0.3, 0.4) is 0 Å². The molecule has 0 aliphatic heterocycles. The molecule has 2 amide bonds. The first-order valence-electron chi connectivity index (χ1n) is 8.34. The van der Waals surface area contributed by atoms with E-state index in [1.807, 2.05) is 0 Å². The van der Waals surface area contributed by atoms with Gasteiger partial charge in [-0.1, -0.05) is 19.0 Å². The maximum absolute atomic E-state index is 12.3. The van der Waals surface area contributed by atoms with E-state index in [9.17, 15) is 18.0 Å². The number of esters is 1. The summed E-state index contributed by atoms with van der Waals surface area (Å²) in [5.41, 5.74) is 0.348. The second-order valence-corrected chi connectivity index (χ2v) is 7.98. The van der Waals surface area contributed by atoms with Crippen molar-refractivity contribution in [3.05, 3.63) is 36.1 Å². The van der Waals surface area contributed by atoms with Crippen LogP contribution in [0.4, 0.5) is 16.3 Å². The lowest BCUT2D eigenvalue weighted by Crippen LogP contribution is -2.46. The average Bonchev–Trinajstić information content (AvgIpc) is 3.03. The molecule has 2 aromatic rings. The number of methoxy groups -OCH3 is 1. The maximum atomic E-state index is 12.3. The molecule has 0 unspecified atom stereocenters. The van der Waals surface area contributed by atoms with Crippen molar-refractivity contribution >= 4 is 33.5 Å². The number of benzene rings is 1. The molecule has 1 heterocycles. The van der Waals surface area contributed by atoms with E-state index in [1.54, 1.807) is 20.8 Å². The van der Waals surface area contributed by atoms with Crippen molar-refractivity contribution in [2.75, 3.05) is 17.1 Å². The van der Waals surface area contributed by atoms with Crippen LogP contribution in [0.25, 0.3) is 0 Å². The number of carbonyl (C=O) groups is 2.